The summed E-state index contributed by atoms with van der Waals surface area (Å²) in [5.74, 6) is 1.39. The number of allylic oxidation sites excluding steroid dienone is 2. The molecule has 0 radical (unpaired) electrons. The Morgan fingerprint density at radius 1 is 0.969 bits per heavy atom. The molecular weight excluding hydrogens is 404 g/mol. The standard InChI is InChI=1S/C27H42O5/c1-9-12-22(19(3)4)26(32-27(28)23(13-10-2)20(5)6)21-14-15-24(30-8)25(18-21)31-17-11-16-29-7/h9-10,14-15,18-20,22-23,26H,1-2,11-13,16-17H2,3-8H3/t22-,23-,26-/m0/s1. The topological polar surface area (TPSA) is 54.0 Å². The van der Waals surface area contributed by atoms with Crippen molar-refractivity contribution in [3.05, 3.63) is 49.1 Å². The molecule has 5 nitrogen and oxygen atoms in total. The fraction of sp³-hybridized carbons (Fsp3) is 0.593. The summed E-state index contributed by atoms with van der Waals surface area (Å²) in [7, 11) is 3.29. The number of esters is 1. The van der Waals surface area contributed by atoms with Crippen LogP contribution < -0.4 is 9.47 Å². The summed E-state index contributed by atoms with van der Waals surface area (Å²) in [6, 6.07) is 5.76. The Labute approximate surface area is 194 Å². The van der Waals surface area contributed by atoms with E-state index in [4.69, 9.17) is 18.9 Å². The van der Waals surface area contributed by atoms with Gasteiger partial charge in [0.25, 0.3) is 0 Å². The second-order valence-electron chi connectivity index (χ2n) is 8.77. The lowest BCUT2D eigenvalue weighted by Gasteiger charge is -2.32. The Balaban J connectivity index is 3.32. The minimum atomic E-state index is -0.418. The molecular formula is C27H42O5. The average Bonchev–Trinajstić information content (AvgIpc) is 2.76. The summed E-state index contributed by atoms with van der Waals surface area (Å²) in [5.41, 5.74) is 0.891. The second-order valence-corrected chi connectivity index (χ2v) is 8.77. The summed E-state index contributed by atoms with van der Waals surface area (Å²) >= 11 is 0. The Hall–Kier alpha value is -2.27. The van der Waals surface area contributed by atoms with Crippen molar-refractivity contribution in [2.75, 3.05) is 27.4 Å². The quantitative estimate of drug-likeness (QED) is 0.167. The van der Waals surface area contributed by atoms with Crippen LogP contribution in [-0.4, -0.2) is 33.4 Å². The van der Waals surface area contributed by atoms with E-state index in [1.807, 2.05) is 38.1 Å². The van der Waals surface area contributed by atoms with Crippen LogP contribution in [0.4, 0.5) is 0 Å². The maximum atomic E-state index is 13.2. The van der Waals surface area contributed by atoms with E-state index in [-0.39, 0.29) is 29.6 Å². The summed E-state index contributed by atoms with van der Waals surface area (Å²) in [4.78, 5) is 13.2. The second kappa shape index (κ2) is 14.7. The summed E-state index contributed by atoms with van der Waals surface area (Å²) in [6.07, 6.45) is 5.35. The average molecular weight is 447 g/mol. The van der Waals surface area contributed by atoms with E-state index in [0.717, 1.165) is 18.4 Å². The molecule has 0 heterocycles. The van der Waals surface area contributed by atoms with Crippen LogP contribution in [0.25, 0.3) is 0 Å². The Morgan fingerprint density at radius 3 is 2.19 bits per heavy atom. The molecule has 180 valence electrons. The van der Waals surface area contributed by atoms with Crippen LogP contribution in [0.2, 0.25) is 0 Å². The van der Waals surface area contributed by atoms with Gasteiger partial charge in [0.15, 0.2) is 11.5 Å². The van der Waals surface area contributed by atoms with Crippen molar-refractivity contribution in [3.63, 3.8) is 0 Å². The zero-order chi connectivity index (χ0) is 24.1. The first-order valence-electron chi connectivity index (χ1n) is 11.5. The van der Waals surface area contributed by atoms with Crippen LogP contribution in [-0.2, 0) is 14.3 Å². The predicted octanol–water partition coefficient (Wildman–Crippen LogP) is 6.39. The van der Waals surface area contributed by atoms with Crippen LogP contribution in [0.15, 0.2) is 43.5 Å². The number of carbonyl (C=O) groups excluding carboxylic acids is 1. The zero-order valence-electron chi connectivity index (χ0n) is 20.8. The molecule has 0 saturated carbocycles. The van der Waals surface area contributed by atoms with E-state index in [1.54, 1.807) is 20.3 Å². The third-order valence-electron chi connectivity index (χ3n) is 5.72. The molecule has 0 aliphatic carbocycles. The molecule has 0 amide bonds. The summed E-state index contributed by atoms with van der Waals surface area (Å²) < 4.78 is 22.8. The zero-order valence-corrected chi connectivity index (χ0v) is 20.8. The van der Waals surface area contributed by atoms with E-state index in [1.165, 1.54) is 0 Å². The number of hydrogen-bond acceptors (Lipinski definition) is 5. The largest absolute Gasteiger partial charge is 0.493 e. The molecule has 0 aromatic heterocycles. The van der Waals surface area contributed by atoms with Gasteiger partial charge in [-0.05, 0) is 42.4 Å². The van der Waals surface area contributed by atoms with Crippen molar-refractivity contribution < 1.29 is 23.7 Å². The van der Waals surface area contributed by atoms with E-state index < -0.39 is 6.10 Å². The van der Waals surface area contributed by atoms with Crippen LogP contribution in [0.3, 0.4) is 0 Å². The first-order valence-corrected chi connectivity index (χ1v) is 11.5. The van der Waals surface area contributed by atoms with Gasteiger partial charge >= 0.3 is 5.97 Å². The highest BCUT2D eigenvalue weighted by Crippen LogP contribution is 2.39. The van der Waals surface area contributed by atoms with Crippen molar-refractivity contribution in [3.8, 4) is 11.5 Å². The smallest absolute Gasteiger partial charge is 0.310 e. The maximum Gasteiger partial charge on any atom is 0.310 e. The molecule has 0 N–H and O–H groups in total. The number of carbonyl (C=O) groups is 1. The lowest BCUT2D eigenvalue weighted by atomic mass is 9.83. The lowest BCUT2D eigenvalue weighted by molar-refractivity contribution is -0.160. The normalized spacial score (nSPS) is 14.0. The highest BCUT2D eigenvalue weighted by molar-refractivity contribution is 5.73. The third-order valence-corrected chi connectivity index (χ3v) is 5.72. The lowest BCUT2D eigenvalue weighted by Crippen LogP contribution is -2.29. The first kappa shape index (κ1) is 27.8. The number of rotatable bonds is 16. The summed E-state index contributed by atoms with van der Waals surface area (Å²) in [5, 5.41) is 0. The highest BCUT2D eigenvalue weighted by atomic mass is 16.5. The molecule has 0 unspecified atom stereocenters. The van der Waals surface area contributed by atoms with Gasteiger partial charge in [-0.1, -0.05) is 45.9 Å². The molecule has 5 heteroatoms. The first-order chi connectivity index (χ1) is 15.3. The van der Waals surface area contributed by atoms with Gasteiger partial charge in [-0.15, -0.1) is 13.2 Å². The fourth-order valence-electron chi connectivity index (χ4n) is 3.74. The minimum Gasteiger partial charge on any atom is -0.493 e. The number of ether oxygens (including phenoxy) is 4. The maximum absolute atomic E-state index is 13.2. The van der Waals surface area contributed by atoms with Gasteiger partial charge in [-0.2, -0.15) is 0 Å². The molecule has 1 aromatic rings. The third kappa shape index (κ3) is 8.34. The number of hydrogen-bond donors (Lipinski definition) is 0. The van der Waals surface area contributed by atoms with E-state index >= 15 is 0 Å². The SMILES string of the molecule is C=CC[C@H](C(=O)O[C@@H](c1ccc(OC)c(OCCCOC)c1)[C@@H](CC=C)C(C)C)C(C)C. The van der Waals surface area contributed by atoms with E-state index in [2.05, 4.69) is 27.0 Å². The highest BCUT2D eigenvalue weighted by Gasteiger charge is 2.32. The van der Waals surface area contributed by atoms with Gasteiger partial charge in [0, 0.05) is 26.1 Å². The van der Waals surface area contributed by atoms with Crippen molar-refractivity contribution in [1.82, 2.24) is 0 Å². The molecule has 32 heavy (non-hydrogen) atoms. The number of methoxy groups -OCH3 is 2. The molecule has 0 bridgehead atoms. The molecule has 0 fully saturated rings. The van der Waals surface area contributed by atoms with Crippen molar-refractivity contribution in [2.24, 2.45) is 23.7 Å². The van der Waals surface area contributed by atoms with Gasteiger partial charge in [0.1, 0.15) is 6.10 Å². The van der Waals surface area contributed by atoms with Gasteiger partial charge in [0.05, 0.1) is 19.6 Å². The Kier molecular flexibility index (Phi) is 12.8. The van der Waals surface area contributed by atoms with Crippen LogP contribution in [0.5, 0.6) is 11.5 Å². The minimum absolute atomic E-state index is 0.0859. The van der Waals surface area contributed by atoms with E-state index in [0.29, 0.717) is 31.1 Å². The van der Waals surface area contributed by atoms with Crippen LogP contribution in [0, 0.1) is 23.7 Å². The fourth-order valence-corrected chi connectivity index (χ4v) is 3.74. The molecule has 0 saturated heterocycles. The van der Waals surface area contributed by atoms with Gasteiger partial charge in [-0.3, -0.25) is 4.79 Å². The summed E-state index contributed by atoms with van der Waals surface area (Å²) in [6.45, 7) is 17.2. The molecule has 3 atom stereocenters. The Bertz CT molecular complexity index is 710. The molecule has 0 aliphatic rings. The van der Waals surface area contributed by atoms with E-state index in [9.17, 15) is 4.79 Å². The van der Waals surface area contributed by atoms with Crippen molar-refractivity contribution in [1.29, 1.82) is 0 Å². The number of benzene rings is 1. The molecule has 1 rings (SSSR count). The Morgan fingerprint density at radius 2 is 1.66 bits per heavy atom. The predicted molar refractivity (Wildman–Crippen MR) is 130 cm³/mol. The van der Waals surface area contributed by atoms with Crippen molar-refractivity contribution in [2.45, 2.75) is 53.1 Å². The molecule has 0 spiro atoms. The van der Waals surface area contributed by atoms with Gasteiger partial charge in [0.2, 0.25) is 0 Å². The van der Waals surface area contributed by atoms with Gasteiger partial charge < -0.3 is 18.9 Å². The van der Waals surface area contributed by atoms with Crippen LogP contribution in [0.1, 0.15) is 58.6 Å². The molecule has 1 aromatic carbocycles. The van der Waals surface area contributed by atoms with Crippen LogP contribution >= 0.6 is 0 Å². The molecule has 0 aliphatic heterocycles. The van der Waals surface area contributed by atoms with Crippen molar-refractivity contribution >= 4 is 5.97 Å². The van der Waals surface area contributed by atoms with Gasteiger partial charge in [-0.25, -0.2) is 0 Å². The monoisotopic (exact) mass is 446 g/mol.